The summed E-state index contributed by atoms with van der Waals surface area (Å²) in [5.41, 5.74) is 0. The summed E-state index contributed by atoms with van der Waals surface area (Å²) in [4.78, 5) is 12.2. The molecule has 0 saturated carbocycles. The zero-order valence-electron chi connectivity index (χ0n) is 35.3. The Bertz CT molecular complexity index is 732. The monoisotopic (exact) mass is 733 g/mol. The lowest BCUT2D eigenvalue weighted by atomic mass is 10.0. The molecule has 0 amide bonds. The molecular weight excluding hydrogens is 641 g/mol. The molecule has 0 saturated heterocycles. The number of aliphatic hydroxyl groups excluding tert-OH is 1. The molecular formula is C48H92O4. The van der Waals surface area contributed by atoms with E-state index in [2.05, 4.69) is 38.2 Å². The Balaban J connectivity index is 3.36. The number of esters is 1. The van der Waals surface area contributed by atoms with Crippen molar-refractivity contribution in [3.63, 3.8) is 0 Å². The maximum absolute atomic E-state index is 12.2. The molecule has 1 unspecified atom stereocenters. The Morgan fingerprint density at radius 2 is 0.827 bits per heavy atom. The van der Waals surface area contributed by atoms with Crippen molar-refractivity contribution in [3.05, 3.63) is 24.3 Å². The molecule has 0 spiro atoms. The number of unbranched alkanes of at least 4 members (excludes halogenated alkanes) is 32. The Labute approximate surface area is 326 Å². The minimum absolute atomic E-state index is 0.172. The molecule has 0 aliphatic carbocycles. The Hall–Kier alpha value is -1.13. The van der Waals surface area contributed by atoms with Crippen LogP contribution in [0.15, 0.2) is 24.3 Å². The van der Waals surface area contributed by atoms with Crippen LogP contribution < -0.4 is 0 Å². The van der Waals surface area contributed by atoms with E-state index in [1.807, 2.05) is 0 Å². The number of rotatable bonds is 44. The Morgan fingerprint density at radius 3 is 1.25 bits per heavy atom. The summed E-state index contributed by atoms with van der Waals surface area (Å²) in [6, 6.07) is 0. The summed E-state index contributed by atoms with van der Waals surface area (Å²) in [6.45, 7) is 5.32. The van der Waals surface area contributed by atoms with Crippen molar-refractivity contribution < 1.29 is 19.4 Å². The first kappa shape index (κ1) is 50.9. The van der Waals surface area contributed by atoms with Gasteiger partial charge in [0.15, 0.2) is 0 Å². The lowest BCUT2D eigenvalue weighted by Crippen LogP contribution is -2.27. The van der Waals surface area contributed by atoms with Crippen LogP contribution >= 0.6 is 0 Å². The molecule has 0 aromatic heterocycles. The quantitative estimate of drug-likeness (QED) is 0.0385. The van der Waals surface area contributed by atoms with Crippen molar-refractivity contribution in [3.8, 4) is 0 Å². The summed E-state index contributed by atoms with van der Waals surface area (Å²) in [5, 5.41) is 9.61. The molecule has 0 heterocycles. The van der Waals surface area contributed by atoms with E-state index in [-0.39, 0.29) is 12.6 Å². The van der Waals surface area contributed by atoms with Crippen molar-refractivity contribution in [2.24, 2.45) is 0 Å². The molecule has 0 aliphatic rings. The molecule has 52 heavy (non-hydrogen) atoms. The normalized spacial score (nSPS) is 12.4. The third-order valence-corrected chi connectivity index (χ3v) is 10.5. The first-order chi connectivity index (χ1) is 25.7. The van der Waals surface area contributed by atoms with Crippen molar-refractivity contribution in [1.29, 1.82) is 0 Å². The van der Waals surface area contributed by atoms with Crippen LogP contribution in [0.2, 0.25) is 0 Å². The van der Waals surface area contributed by atoms with Crippen LogP contribution in [0.25, 0.3) is 0 Å². The van der Waals surface area contributed by atoms with Crippen molar-refractivity contribution in [2.75, 3.05) is 19.8 Å². The highest BCUT2D eigenvalue weighted by atomic mass is 16.6. The van der Waals surface area contributed by atoms with Gasteiger partial charge in [0.25, 0.3) is 0 Å². The van der Waals surface area contributed by atoms with E-state index in [4.69, 9.17) is 9.47 Å². The van der Waals surface area contributed by atoms with Crippen LogP contribution in [0.1, 0.15) is 251 Å². The SMILES string of the molecule is CCCC/C=C\C/C=C\CCCCCCCCOCC(CO)OC(=O)CCCCCCCCCCCCCCCCCCCCCCCCCCC. The Morgan fingerprint density at radius 1 is 0.462 bits per heavy atom. The summed E-state index contributed by atoms with van der Waals surface area (Å²) < 4.78 is 11.2. The second-order valence-corrected chi connectivity index (χ2v) is 15.8. The summed E-state index contributed by atoms with van der Waals surface area (Å²) in [7, 11) is 0. The van der Waals surface area contributed by atoms with E-state index in [9.17, 15) is 9.90 Å². The highest BCUT2D eigenvalue weighted by Crippen LogP contribution is 2.16. The third-order valence-electron chi connectivity index (χ3n) is 10.5. The zero-order valence-corrected chi connectivity index (χ0v) is 35.3. The molecule has 0 fully saturated rings. The third kappa shape index (κ3) is 43.3. The van der Waals surface area contributed by atoms with Gasteiger partial charge in [0.1, 0.15) is 6.10 Å². The summed E-state index contributed by atoms with van der Waals surface area (Å²) >= 11 is 0. The van der Waals surface area contributed by atoms with Gasteiger partial charge in [0.05, 0.1) is 13.2 Å². The van der Waals surface area contributed by atoms with Gasteiger partial charge in [-0.2, -0.15) is 0 Å². The second-order valence-electron chi connectivity index (χ2n) is 15.8. The van der Waals surface area contributed by atoms with Crippen LogP contribution in [0, 0.1) is 0 Å². The van der Waals surface area contributed by atoms with Crippen LogP contribution in [0.5, 0.6) is 0 Å². The minimum atomic E-state index is -0.536. The van der Waals surface area contributed by atoms with E-state index >= 15 is 0 Å². The minimum Gasteiger partial charge on any atom is -0.457 e. The largest absolute Gasteiger partial charge is 0.457 e. The molecule has 0 rings (SSSR count). The first-order valence-corrected chi connectivity index (χ1v) is 23.4. The number of carbonyl (C=O) groups excluding carboxylic acids is 1. The van der Waals surface area contributed by atoms with E-state index in [0.717, 1.165) is 25.7 Å². The number of carbonyl (C=O) groups is 1. The topological polar surface area (TPSA) is 55.8 Å². The second kappa shape index (κ2) is 46.0. The van der Waals surface area contributed by atoms with E-state index in [1.54, 1.807) is 0 Å². The molecule has 1 atom stereocenters. The predicted molar refractivity (Wildman–Crippen MR) is 228 cm³/mol. The highest BCUT2D eigenvalue weighted by Gasteiger charge is 2.13. The highest BCUT2D eigenvalue weighted by molar-refractivity contribution is 5.69. The molecule has 0 aromatic carbocycles. The van der Waals surface area contributed by atoms with Crippen LogP contribution in [-0.4, -0.2) is 37.0 Å². The fraction of sp³-hybridized carbons (Fsp3) is 0.896. The number of allylic oxidation sites excluding steroid dienone is 4. The molecule has 4 heteroatoms. The predicted octanol–water partition coefficient (Wildman–Crippen LogP) is 15.5. The van der Waals surface area contributed by atoms with Gasteiger partial charge in [-0.15, -0.1) is 0 Å². The number of hydrogen-bond donors (Lipinski definition) is 1. The van der Waals surface area contributed by atoms with Gasteiger partial charge in [0.2, 0.25) is 0 Å². The molecule has 0 aliphatic heterocycles. The lowest BCUT2D eigenvalue weighted by Gasteiger charge is -2.15. The van der Waals surface area contributed by atoms with E-state index in [0.29, 0.717) is 19.6 Å². The fourth-order valence-electron chi connectivity index (χ4n) is 6.99. The average Bonchev–Trinajstić information content (AvgIpc) is 3.15. The van der Waals surface area contributed by atoms with E-state index in [1.165, 1.54) is 205 Å². The summed E-state index contributed by atoms with van der Waals surface area (Å²) in [6.07, 6.45) is 56.9. The molecule has 4 nitrogen and oxygen atoms in total. The van der Waals surface area contributed by atoms with Crippen LogP contribution in [0.4, 0.5) is 0 Å². The summed E-state index contributed by atoms with van der Waals surface area (Å²) in [5.74, 6) is -0.199. The smallest absolute Gasteiger partial charge is 0.306 e. The first-order valence-electron chi connectivity index (χ1n) is 23.4. The lowest BCUT2D eigenvalue weighted by molar-refractivity contribution is -0.154. The van der Waals surface area contributed by atoms with Crippen LogP contribution in [0.3, 0.4) is 0 Å². The van der Waals surface area contributed by atoms with Gasteiger partial charge in [0, 0.05) is 13.0 Å². The molecule has 1 N–H and O–H groups in total. The maximum Gasteiger partial charge on any atom is 0.306 e. The molecule has 0 bridgehead atoms. The number of ether oxygens (including phenoxy) is 2. The maximum atomic E-state index is 12.2. The standard InChI is InChI=1S/C48H92O4/c1-3-5-7-9-11-13-15-17-19-20-21-22-23-24-25-26-27-28-29-31-33-35-37-39-41-43-48(50)52-47(45-49)46-51-44-42-40-38-36-34-32-30-18-16-14-12-10-8-6-4-2/h10,12,16,18,47,49H,3-9,11,13-15,17,19-46H2,1-2H3/b12-10-,18-16-. The van der Waals surface area contributed by atoms with Crippen molar-refractivity contribution in [1.82, 2.24) is 0 Å². The van der Waals surface area contributed by atoms with Crippen LogP contribution in [-0.2, 0) is 14.3 Å². The number of hydrogen-bond acceptors (Lipinski definition) is 4. The molecule has 308 valence electrons. The number of aliphatic hydroxyl groups is 1. The van der Waals surface area contributed by atoms with Gasteiger partial charge in [-0.1, -0.05) is 231 Å². The molecule has 0 radical (unpaired) electrons. The van der Waals surface area contributed by atoms with Gasteiger partial charge in [-0.3, -0.25) is 4.79 Å². The molecule has 0 aromatic rings. The van der Waals surface area contributed by atoms with Crippen molar-refractivity contribution >= 4 is 5.97 Å². The van der Waals surface area contributed by atoms with E-state index < -0.39 is 6.10 Å². The van der Waals surface area contributed by atoms with Gasteiger partial charge in [-0.05, 0) is 38.5 Å². The zero-order chi connectivity index (χ0) is 37.7. The van der Waals surface area contributed by atoms with Crippen molar-refractivity contribution in [2.45, 2.75) is 258 Å². The van der Waals surface area contributed by atoms with Gasteiger partial charge < -0.3 is 14.6 Å². The van der Waals surface area contributed by atoms with Gasteiger partial charge >= 0.3 is 5.97 Å². The average molecular weight is 733 g/mol. The van der Waals surface area contributed by atoms with Gasteiger partial charge in [-0.25, -0.2) is 0 Å². The fourth-order valence-corrected chi connectivity index (χ4v) is 6.99. The Kier molecular flexibility index (Phi) is 45.0.